The average molecular weight is 292 g/mol. The quantitative estimate of drug-likeness (QED) is 0.528. The van der Waals surface area contributed by atoms with Crippen molar-refractivity contribution in [2.45, 2.75) is 25.7 Å². The van der Waals surface area contributed by atoms with Gasteiger partial charge >= 0.3 is 11.9 Å². The summed E-state index contributed by atoms with van der Waals surface area (Å²) in [5, 5.41) is 9.66. The first-order valence-electron chi connectivity index (χ1n) is 6.64. The summed E-state index contributed by atoms with van der Waals surface area (Å²) < 4.78 is 17.8. The Morgan fingerprint density at radius 2 is 1.95 bits per heavy atom. The Hall–Kier alpha value is -2.17. The zero-order valence-electron chi connectivity index (χ0n) is 11.9. The van der Waals surface area contributed by atoms with Crippen LogP contribution in [0.25, 0.3) is 0 Å². The van der Waals surface area contributed by atoms with Crippen LogP contribution >= 0.6 is 0 Å². The van der Waals surface area contributed by atoms with Crippen LogP contribution in [0.5, 0.6) is 0 Å². The van der Waals surface area contributed by atoms with E-state index >= 15 is 0 Å². The molecule has 5 heteroatoms. The Morgan fingerprint density at radius 1 is 1.33 bits per heavy atom. The van der Waals surface area contributed by atoms with E-state index in [0.717, 1.165) is 5.57 Å². The second-order valence-electron chi connectivity index (χ2n) is 5.33. The lowest BCUT2D eigenvalue weighted by Gasteiger charge is -2.37. The molecule has 0 fully saturated rings. The van der Waals surface area contributed by atoms with Crippen molar-refractivity contribution in [1.29, 1.82) is 0 Å². The van der Waals surface area contributed by atoms with Gasteiger partial charge in [-0.3, -0.25) is 9.59 Å². The number of ether oxygens (including phenoxy) is 1. The summed E-state index contributed by atoms with van der Waals surface area (Å²) in [6, 6.07) is 5.60. The van der Waals surface area contributed by atoms with Gasteiger partial charge in [-0.05, 0) is 37.5 Å². The zero-order chi connectivity index (χ0) is 15.6. The highest BCUT2D eigenvalue weighted by atomic mass is 19.1. The molecule has 0 heterocycles. The van der Waals surface area contributed by atoms with Crippen LogP contribution in [0.3, 0.4) is 0 Å². The topological polar surface area (TPSA) is 63.6 Å². The number of allylic oxidation sites excluding steroid dienone is 2. The third-order valence-corrected chi connectivity index (χ3v) is 4.10. The predicted octanol–water partition coefficient (Wildman–Crippen LogP) is 2.89. The molecular weight excluding hydrogens is 275 g/mol. The maximum absolute atomic E-state index is 13.1. The van der Waals surface area contributed by atoms with Gasteiger partial charge in [-0.1, -0.05) is 23.8 Å². The van der Waals surface area contributed by atoms with Gasteiger partial charge in [0.15, 0.2) is 5.41 Å². The highest BCUT2D eigenvalue weighted by Crippen LogP contribution is 2.48. The minimum atomic E-state index is -1.66. The number of hydrogen-bond acceptors (Lipinski definition) is 3. The van der Waals surface area contributed by atoms with Gasteiger partial charge in [0.1, 0.15) is 5.82 Å². The average Bonchev–Trinajstić information content (AvgIpc) is 2.47. The van der Waals surface area contributed by atoms with Crippen molar-refractivity contribution >= 4 is 11.9 Å². The molecule has 0 aromatic heterocycles. The molecule has 1 N–H and O–H groups in total. The van der Waals surface area contributed by atoms with Crippen LogP contribution in [-0.2, 0) is 14.3 Å². The van der Waals surface area contributed by atoms with Crippen molar-refractivity contribution in [3.05, 3.63) is 47.3 Å². The molecule has 4 nitrogen and oxygen atoms in total. The van der Waals surface area contributed by atoms with Gasteiger partial charge in [-0.2, -0.15) is 0 Å². The van der Waals surface area contributed by atoms with Crippen molar-refractivity contribution in [2.75, 3.05) is 7.11 Å². The van der Waals surface area contributed by atoms with Crippen molar-refractivity contribution < 1.29 is 23.8 Å². The minimum Gasteiger partial charge on any atom is -0.480 e. The second kappa shape index (κ2) is 5.68. The fourth-order valence-corrected chi connectivity index (χ4v) is 2.89. The number of halogens is 1. The molecule has 2 unspecified atom stereocenters. The molecule has 2 rings (SSSR count). The molecular formula is C16H17FO4. The molecule has 1 aliphatic rings. The summed E-state index contributed by atoms with van der Waals surface area (Å²) in [4.78, 5) is 24.0. The number of carbonyl (C=O) groups is 2. The van der Waals surface area contributed by atoms with Crippen LogP contribution in [0.15, 0.2) is 35.9 Å². The number of carbonyl (C=O) groups excluding carboxylic acids is 1. The molecule has 0 spiro atoms. The molecule has 0 saturated heterocycles. The third kappa shape index (κ3) is 2.55. The van der Waals surface area contributed by atoms with Gasteiger partial charge in [-0.15, -0.1) is 0 Å². The molecule has 21 heavy (non-hydrogen) atoms. The first kappa shape index (κ1) is 15.2. The molecule has 0 amide bonds. The van der Waals surface area contributed by atoms with Gasteiger partial charge in [-0.25, -0.2) is 4.39 Å². The van der Waals surface area contributed by atoms with E-state index in [2.05, 4.69) is 0 Å². The monoisotopic (exact) mass is 292 g/mol. The summed E-state index contributed by atoms with van der Waals surface area (Å²) in [6.07, 6.45) is 2.25. The number of aliphatic carboxylic acids is 1. The van der Waals surface area contributed by atoms with Crippen LogP contribution in [-0.4, -0.2) is 24.2 Å². The highest BCUT2D eigenvalue weighted by Gasteiger charge is 2.54. The number of benzene rings is 1. The standard InChI is InChI=1S/C16H17FO4/c1-10-7-8-16(14(18)19,15(20)21-2)13(9-10)11-3-5-12(17)6-4-11/h3-7,13H,8-9H2,1-2H3,(H,18,19). The number of carboxylic acid groups (broad SMARTS) is 1. The van der Waals surface area contributed by atoms with Crippen LogP contribution in [0.4, 0.5) is 4.39 Å². The minimum absolute atomic E-state index is 0.0723. The van der Waals surface area contributed by atoms with E-state index in [1.54, 1.807) is 6.08 Å². The normalized spacial score (nSPS) is 25.1. The summed E-state index contributed by atoms with van der Waals surface area (Å²) in [7, 11) is 1.18. The zero-order valence-corrected chi connectivity index (χ0v) is 11.9. The third-order valence-electron chi connectivity index (χ3n) is 4.10. The van der Waals surface area contributed by atoms with E-state index < -0.39 is 29.1 Å². The van der Waals surface area contributed by atoms with E-state index in [9.17, 15) is 19.1 Å². The molecule has 1 aromatic rings. The molecule has 2 atom stereocenters. The van der Waals surface area contributed by atoms with Gasteiger partial charge in [0, 0.05) is 5.92 Å². The number of carboxylic acids is 1. The number of rotatable bonds is 3. The number of hydrogen-bond donors (Lipinski definition) is 1. The van der Waals surface area contributed by atoms with E-state index in [-0.39, 0.29) is 6.42 Å². The Kier molecular flexibility index (Phi) is 4.11. The van der Waals surface area contributed by atoms with Crippen molar-refractivity contribution in [2.24, 2.45) is 5.41 Å². The first-order chi connectivity index (χ1) is 9.91. The smallest absolute Gasteiger partial charge is 0.324 e. The van der Waals surface area contributed by atoms with Gasteiger partial charge < -0.3 is 9.84 Å². The van der Waals surface area contributed by atoms with Gasteiger partial charge in [0.05, 0.1) is 7.11 Å². The lowest BCUT2D eigenvalue weighted by atomic mass is 9.64. The van der Waals surface area contributed by atoms with Gasteiger partial charge in [0.2, 0.25) is 0 Å². The van der Waals surface area contributed by atoms with Crippen LogP contribution in [0.1, 0.15) is 31.2 Å². The Morgan fingerprint density at radius 3 is 2.48 bits per heavy atom. The number of methoxy groups -OCH3 is 1. The SMILES string of the molecule is COC(=O)C1(C(=O)O)CC=C(C)CC1c1ccc(F)cc1. The van der Waals surface area contributed by atoms with Crippen LogP contribution in [0, 0.1) is 11.2 Å². The number of esters is 1. The van der Waals surface area contributed by atoms with Crippen molar-refractivity contribution in [3.8, 4) is 0 Å². The Balaban J connectivity index is 2.56. The predicted molar refractivity (Wildman–Crippen MR) is 74.2 cm³/mol. The molecule has 0 bridgehead atoms. The molecule has 0 aliphatic heterocycles. The van der Waals surface area contributed by atoms with Crippen LogP contribution in [0.2, 0.25) is 0 Å². The molecule has 1 aliphatic carbocycles. The first-order valence-corrected chi connectivity index (χ1v) is 6.64. The molecule has 1 aromatic carbocycles. The maximum Gasteiger partial charge on any atom is 0.324 e. The second-order valence-corrected chi connectivity index (χ2v) is 5.33. The van der Waals surface area contributed by atoms with E-state index in [1.807, 2.05) is 6.92 Å². The van der Waals surface area contributed by atoms with Crippen molar-refractivity contribution in [3.63, 3.8) is 0 Å². The van der Waals surface area contributed by atoms with E-state index in [4.69, 9.17) is 4.74 Å². The van der Waals surface area contributed by atoms with Crippen molar-refractivity contribution in [1.82, 2.24) is 0 Å². The largest absolute Gasteiger partial charge is 0.480 e. The summed E-state index contributed by atoms with van der Waals surface area (Å²) in [5.74, 6) is -2.96. The Bertz CT molecular complexity index is 591. The van der Waals surface area contributed by atoms with E-state index in [1.165, 1.54) is 31.4 Å². The van der Waals surface area contributed by atoms with Crippen LogP contribution < -0.4 is 0 Å². The summed E-state index contributed by atoms with van der Waals surface area (Å²) >= 11 is 0. The molecule has 0 saturated carbocycles. The summed E-state index contributed by atoms with van der Waals surface area (Å²) in [6.45, 7) is 1.89. The van der Waals surface area contributed by atoms with Gasteiger partial charge in [0.25, 0.3) is 0 Å². The molecule has 112 valence electrons. The lowest BCUT2D eigenvalue weighted by molar-refractivity contribution is -0.169. The molecule has 0 radical (unpaired) electrons. The Labute approximate surface area is 122 Å². The fourth-order valence-electron chi connectivity index (χ4n) is 2.89. The highest BCUT2D eigenvalue weighted by molar-refractivity contribution is 6.01. The van der Waals surface area contributed by atoms with E-state index in [0.29, 0.717) is 12.0 Å². The summed E-state index contributed by atoms with van der Waals surface area (Å²) in [5.41, 5.74) is -0.0340. The fraction of sp³-hybridized carbons (Fsp3) is 0.375. The lowest BCUT2D eigenvalue weighted by Crippen LogP contribution is -2.46. The maximum atomic E-state index is 13.1.